The molecule has 2 aromatic carbocycles. The summed E-state index contributed by atoms with van der Waals surface area (Å²) in [6.07, 6.45) is -6.89. The third kappa shape index (κ3) is 24.3. The van der Waals surface area contributed by atoms with Crippen LogP contribution in [0.25, 0.3) is 12.2 Å². The maximum absolute atomic E-state index is 12.5. The van der Waals surface area contributed by atoms with E-state index in [-0.39, 0.29) is 177 Å². The Bertz CT molecular complexity index is 2930. The van der Waals surface area contributed by atoms with Gasteiger partial charge < -0.3 is 85.4 Å². The van der Waals surface area contributed by atoms with Gasteiger partial charge in [0.25, 0.3) is 0 Å². The number of aliphatic hydroxyl groups excluding tert-OH is 7. The Hall–Kier alpha value is -1.64. The van der Waals surface area contributed by atoms with Crippen LogP contribution in [0, 0.1) is 0 Å². The third-order valence-electron chi connectivity index (χ3n) is 8.88. The van der Waals surface area contributed by atoms with E-state index in [1.807, 2.05) is 0 Å². The van der Waals surface area contributed by atoms with Gasteiger partial charge >= 0.3 is 118 Å². The molecule has 0 spiro atoms. The number of aromatic nitrogens is 6. The summed E-state index contributed by atoms with van der Waals surface area (Å²) < 4.78 is 142. The summed E-state index contributed by atoms with van der Waals surface area (Å²) in [5, 5.41) is 81.1. The van der Waals surface area contributed by atoms with Gasteiger partial charge in [-0.05, 0) is 35.4 Å². The maximum Gasteiger partial charge on any atom is 1.00 e. The van der Waals surface area contributed by atoms with Crippen molar-refractivity contribution in [2.75, 3.05) is 89.4 Å². The first-order chi connectivity index (χ1) is 32.0. The number of anilines is 8. The second kappa shape index (κ2) is 31.7. The number of benzene rings is 2. The Kier molecular flexibility index (Phi) is 31.0. The van der Waals surface area contributed by atoms with Gasteiger partial charge in [0.05, 0.1) is 60.9 Å². The average molecular weight is 1150 g/mol. The smallest absolute Gasteiger partial charge is 0.748 e. The predicted molar refractivity (Wildman–Crippen MR) is 236 cm³/mol. The molecule has 0 saturated carbocycles. The molecule has 0 fully saturated rings. The Morgan fingerprint density at radius 1 is 0.562 bits per heavy atom. The summed E-state index contributed by atoms with van der Waals surface area (Å²) in [6.45, 7) is -3.40. The number of aliphatic hydroxyl groups is 7. The number of hydrogen-bond donors (Lipinski definition) is 12. The van der Waals surface area contributed by atoms with Crippen LogP contribution < -0.4 is 150 Å². The molecule has 4 aromatic rings. The molecule has 0 saturated heterocycles. The minimum Gasteiger partial charge on any atom is -0.748 e. The number of nitrogens with one attached hydrogen (secondary N) is 5. The van der Waals surface area contributed by atoms with E-state index < -0.39 is 131 Å². The molecule has 73 heavy (non-hydrogen) atoms. The van der Waals surface area contributed by atoms with Crippen molar-refractivity contribution in [1.29, 1.82) is 0 Å². The minimum atomic E-state index is -5.35. The summed E-state index contributed by atoms with van der Waals surface area (Å²) in [5.74, 6) is -3.82. The average Bonchev–Trinajstić information content (AvgIpc) is 3.25. The summed E-state index contributed by atoms with van der Waals surface area (Å²) in [4.78, 5) is 23.5. The molecule has 382 valence electrons. The SMILES string of the molecule is CN(CC(O)C(O)C(O)C(O)CO)c1nc(NCCS(=O)(=O)[O-])nc(Nc2ccc(C=Cc3ccc(Nc4nc(NCCS(=O)(=O)[O-])nc(NCC(O)CO)n4)cc3S(=O)(=O)[O-])c(S(=O)(=O)[O-])c2)n1.[Na+].[Na+].[Na+].[Na+]. The van der Waals surface area contributed by atoms with Crippen molar-refractivity contribution in [2.24, 2.45) is 0 Å². The van der Waals surface area contributed by atoms with Crippen molar-refractivity contribution in [3.05, 3.63) is 47.5 Å². The van der Waals surface area contributed by atoms with Crippen LogP contribution in [-0.4, -0.2) is 206 Å². The van der Waals surface area contributed by atoms with Crippen LogP contribution in [0.2, 0.25) is 0 Å². The zero-order valence-corrected chi connectivity index (χ0v) is 50.7. The van der Waals surface area contributed by atoms with Crippen molar-refractivity contribution in [3.8, 4) is 0 Å². The molecule has 2 aromatic heterocycles. The summed E-state index contributed by atoms with van der Waals surface area (Å²) in [6, 6.07) is 6.30. The van der Waals surface area contributed by atoms with E-state index in [1.54, 1.807) is 0 Å². The molecule has 0 aliphatic heterocycles. The molecule has 5 unspecified atom stereocenters. The summed E-state index contributed by atoms with van der Waals surface area (Å²) >= 11 is 0. The van der Waals surface area contributed by atoms with Crippen LogP contribution in [0.1, 0.15) is 11.1 Å². The van der Waals surface area contributed by atoms with Gasteiger partial charge in [-0.15, -0.1) is 0 Å². The van der Waals surface area contributed by atoms with Gasteiger partial charge in [0.15, 0.2) is 0 Å². The van der Waals surface area contributed by atoms with Gasteiger partial charge in [-0.25, -0.2) is 33.7 Å². The van der Waals surface area contributed by atoms with E-state index >= 15 is 0 Å². The van der Waals surface area contributed by atoms with Gasteiger partial charge in [0.2, 0.25) is 35.7 Å². The second-order valence-corrected chi connectivity index (χ2v) is 20.1. The largest absolute Gasteiger partial charge is 1.00 e. The van der Waals surface area contributed by atoms with Crippen molar-refractivity contribution < 1.29 is 206 Å². The first kappa shape index (κ1) is 71.4. The Balaban J connectivity index is 0.0000130. The molecular weight excluding hydrogens is 1100 g/mol. The van der Waals surface area contributed by atoms with Crippen LogP contribution in [0.15, 0.2) is 46.2 Å². The second-order valence-electron chi connectivity index (χ2n) is 14.4. The van der Waals surface area contributed by atoms with Crippen LogP contribution in [0.5, 0.6) is 0 Å². The zero-order chi connectivity index (χ0) is 51.5. The van der Waals surface area contributed by atoms with Gasteiger partial charge in [-0.2, -0.15) is 29.9 Å². The zero-order valence-electron chi connectivity index (χ0n) is 39.5. The summed E-state index contributed by atoms with van der Waals surface area (Å²) in [5.41, 5.74) is -0.953. The van der Waals surface area contributed by atoms with E-state index in [4.69, 9.17) is 10.2 Å². The molecular formula is C34H44N12Na4O19S4. The van der Waals surface area contributed by atoms with Gasteiger partial charge in [0, 0.05) is 44.6 Å². The van der Waals surface area contributed by atoms with E-state index in [2.05, 4.69) is 56.5 Å². The first-order valence-corrected chi connectivity index (χ1v) is 25.4. The fourth-order valence-corrected chi connectivity index (χ4v) is 7.61. The molecule has 0 aliphatic carbocycles. The quantitative estimate of drug-likeness (QED) is 0.0150. The van der Waals surface area contributed by atoms with Crippen LogP contribution in [-0.2, 0) is 40.5 Å². The topological polar surface area (TPSA) is 511 Å². The molecule has 4 rings (SSSR count). The number of nitrogens with zero attached hydrogens (tertiary/aromatic N) is 7. The van der Waals surface area contributed by atoms with Crippen molar-refractivity contribution >= 4 is 99.7 Å². The molecule has 39 heteroatoms. The first-order valence-electron chi connectivity index (χ1n) is 19.4. The molecule has 0 bridgehead atoms. The maximum atomic E-state index is 12.5. The van der Waals surface area contributed by atoms with E-state index in [1.165, 1.54) is 19.2 Å². The van der Waals surface area contributed by atoms with Crippen molar-refractivity contribution in [2.45, 2.75) is 40.3 Å². The molecule has 0 amide bonds. The predicted octanol–water partition coefficient (Wildman–Crippen LogP) is -16.9. The third-order valence-corrected chi connectivity index (χ3v) is 12.1. The molecule has 0 radical (unpaired) electrons. The fourth-order valence-electron chi connectivity index (χ4n) is 5.51. The van der Waals surface area contributed by atoms with Crippen LogP contribution in [0.3, 0.4) is 0 Å². The van der Waals surface area contributed by atoms with Gasteiger partial charge in [-0.1, -0.05) is 24.3 Å². The van der Waals surface area contributed by atoms with E-state index in [0.29, 0.717) is 0 Å². The number of rotatable bonds is 27. The molecule has 5 atom stereocenters. The molecule has 0 aliphatic rings. The molecule has 12 N–H and O–H groups in total. The van der Waals surface area contributed by atoms with E-state index in [0.717, 1.165) is 41.3 Å². The normalized spacial score (nSPS) is 13.9. The minimum absolute atomic E-state index is 0. The van der Waals surface area contributed by atoms with E-state index in [9.17, 15) is 77.4 Å². The fraction of sp³-hybridized carbons (Fsp3) is 0.412. The monoisotopic (exact) mass is 1140 g/mol. The van der Waals surface area contributed by atoms with Crippen LogP contribution >= 0.6 is 0 Å². The standard InChI is InChI=1S/C34H48N12O19S4.4Na/c1-46(15-23(50)27(52)28(53)24(51)17-48)34-44-30(36-9-11-67(57,58)59)42-33(45-34)39-21-7-5-19(26(13-21)69(63,64)65)3-2-18-4-6-20(12-25(18)68(60,61)62)38-32-41-29(35-8-10-66(54,55)56)40-31(43-32)37-14-22(49)16-47;;;;/h2-7,12-13,22-24,27-28,47-53H,8-11,14-17H2,1H3,(H,54,55,56)(H,57,58,59)(H,60,61,62)(H,63,64,65)(H2,36,39,42,44,45)(H3,35,37,38,40,41,43);;;;/q;4*+1/p-4. The van der Waals surface area contributed by atoms with Crippen molar-refractivity contribution in [1.82, 2.24) is 29.9 Å². The van der Waals surface area contributed by atoms with Gasteiger partial charge in [-0.3, -0.25) is 0 Å². The van der Waals surface area contributed by atoms with Crippen molar-refractivity contribution in [3.63, 3.8) is 0 Å². The Morgan fingerprint density at radius 3 is 1.36 bits per heavy atom. The molecule has 31 nitrogen and oxygen atoms in total. The van der Waals surface area contributed by atoms with Gasteiger partial charge in [0.1, 0.15) is 44.7 Å². The Labute approximate surface area is 506 Å². The molecule has 2 heterocycles. The number of likely N-dealkylation sites (N-methyl/N-ethyl adjacent to an activating group) is 1. The number of hydrogen-bond acceptors (Lipinski definition) is 31. The van der Waals surface area contributed by atoms with Crippen LogP contribution in [0.4, 0.5) is 47.1 Å². The Morgan fingerprint density at radius 2 is 0.945 bits per heavy atom. The summed E-state index contributed by atoms with van der Waals surface area (Å²) in [7, 11) is -18.8.